The van der Waals surface area contributed by atoms with E-state index in [4.69, 9.17) is 4.74 Å². The van der Waals surface area contributed by atoms with Gasteiger partial charge in [-0.05, 0) is 12.5 Å². The van der Waals surface area contributed by atoms with Crippen LogP contribution in [0.1, 0.15) is 26.7 Å². The third kappa shape index (κ3) is 2.67. The Balaban J connectivity index is 3.49. The normalized spacial score (nSPS) is 11.6. The molecule has 0 aromatic heterocycles. The van der Waals surface area contributed by atoms with Crippen molar-refractivity contribution in [2.24, 2.45) is 0 Å². The Morgan fingerprint density at radius 2 is 2.12 bits per heavy atom. The zero-order valence-corrected chi connectivity index (χ0v) is 5.90. The van der Waals surface area contributed by atoms with Crippen molar-refractivity contribution >= 4 is 0 Å². The van der Waals surface area contributed by atoms with Crippen molar-refractivity contribution in [2.45, 2.75) is 26.7 Å². The average Bonchev–Trinajstić information content (AvgIpc) is 1.83. The third-order valence-electron chi connectivity index (χ3n) is 1.04. The molecule has 0 fully saturated rings. The van der Waals surface area contributed by atoms with E-state index in [9.17, 15) is 0 Å². The predicted molar refractivity (Wildman–Crippen MR) is 35.7 cm³/mol. The molecule has 0 unspecified atom stereocenters. The third-order valence-corrected chi connectivity index (χ3v) is 1.04. The minimum atomic E-state index is 1.00. The number of methoxy groups -OCH3 is 1. The van der Waals surface area contributed by atoms with Gasteiger partial charge in [0.25, 0.3) is 0 Å². The summed E-state index contributed by atoms with van der Waals surface area (Å²) >= 11 is 0. The van der Waals surface area contributed by atoms with Crippen LogP contribution in [0, 0.1) is 0 Å². The maximum atomic E-state index is 5.00. The van der Waals surface area contributed by atoms with E-state index < -0.39 is 0 Å². The van der Waals surface area contributed by atoms with Crippen LogP contribution in [-0.4, -0.2) is 7.11 Å². The van der Waals surface area contributed by atoms with Crippen molar-refractivity contribution in [3.8, 4) is 0 Å². The fourth-order valence-electron chi connectivity index (χ4n) is 0.600. The molecule has 0 aromatic rings. The quantitative estimate of drug-likeness (QED) is 0.512. The largest absolute Gasteiger partial charge is 0.501 e. The second-order valence-electron chi connectivity index (χ2n) is 1.64. The summed E-state index contributed by atoms with van der Waals surface area (Å²) in [6.45, 7) is 4.19. The molecule has 0 rings (SSSR count). The van der Waals surface area contributed by atoms with Gasteiger partial charge in [0.05, 0.1) is 12.9 Å². The van der Waals surface area contributed by atoms with E-state index in [0.717, 1.165) is 18.6 Å². The van der Waals surface area contributed by atoms with Gasteiger partial charge in [-0.15, -0.1) is 0 Å². The molecule has 0 saturated heterocycles. The topological polar surface area (TPSA) is 9.23 Å². The predicted octanol–water partition coefficient (Wildman–Crippen LogP) is 2.34. The molecule has 0 heterocycles. The van der Waals surface area contributed by atoms with Crippen LogP contribution in [0.3, 0.4) is 0 Å². The van der Waals surface area contributed by atoms with E-state index in [1.165, 1.54) is 0 Å². The Labute approximate surface area is 51.4 Å². The van der Waals surface area contributed by atoms with Gasteiger partial charge in [-0.1, -0.05) is 13.8 Å². The van der Waals surface area contributed by atoms with Crippen molar-refractivity contribution in [3.63, 3.8) is 0 Å². The molecular formula is C7H14O. The summed E-state index contributed by atoms with van der Waals surface area (Å²) in [5.74, 6) is 1.09. The van der Waals surface area contributed by atoms with E-state index >= 15 is 0 Å². The molecule has 0 bridgehead atoms. The highest BCUT2D eigenvalue weighted by Crippen LogP contribution is 2.00. The molecule has 48 valence electrons. The molecule has 0 aliphatic carbocycles. The van der Waals surface area contributed by atoms with Gasteiger partial charge in [0.15, 0.2) is 0 Å². The SMILES string of the molecule is CCC=C(CC)OC. The van der Waals surface area contributed by atoms with Gasteiger partial charge in [0.2, 0.25) is 0 Å². The van der Waals surface area contributed by atoms with Crippen LogP contribution in [0.15, 0.2) is 11.8 Å². The van der Waals surface area contributed by atoms with Crippen molar-refractivity contribution in [2.75, 3.05) is 7.11 Å². The fraction of sp³-hybridized carbons (Fsp3) is 0.714. The van der Waals surface area contributed by atoms with Crippen LogP contribution in [0.25, 0.3) is 0 Å². The van der Waals surface area contributed by atoms with E-state index in [0.29, 0.717) is 0 Å². The summed E-state index contributed by atoms with van der Waals surface area (Å²) in [7, 11) is 1.71. The highest BCUT2D eigenvalue weighted by atomic mass is 16.5. The van der Waals surface area contributed by atoms with Gasteiger partial charge in [0, 0.05) is 6.42 Å². The Hall–Kier alpha value is -0.460. The van der Waals surface area contributed by atoms with E-state index in [1.54, 1.807) is 7.11 Å². The van der Waals surface area contributed by atoms with Gasteiger partial charge >= 0.3 is 0 Å². The maximum Gasteiger partial charge on any atom is 0.0912 e. The lowest BCUT2D eigenvalue weighted by Gasteiger charge is -1.99. The van der Waals surface area contributed by atoms with Crippen molar-refractivity contribution in [1.82, 2.24) is 0 Å². The van der Waals surface area contributed by atoms with Crippen molar-refractivity contribution in [3.05, 3.63) is 11.8 Å². The van der Waals surface area contributed by atoms with Gasteiger partial charge in [0.1, 0.15) is 0 Å². The second-order valence-corrected chi connectivity index (χ2v) is 1.64. The van der Waals surface area contributed by atoms with Crippen LogP contribution in [0.2, 0.25) is 0 Å². The van der Waals surface area contributed by atoms with E-state index in [2.05, 4.69) is 19.9 Å². The Morgan fingerprint density at radius 3 is 2.25 bits per heavy atom. The summed E-state index contributed by atoms with van der Waals surface area (Å²) in [5, 5.41) is 0. The zero-order valence-electron chi connectivity index (χ0n) is 5.90. The lowest BCUT2D eigenvalue weighted by molar-refractivity contribution is 0.279. The molecule has 0 aliphatic heterocycles. The lowest BCUT2D eigenvalue weighted by Crippen LogP contribution is -1.81. The van der Waals surface area contributed by atoms with Crippen LogP contribution < -0.4 is 0 Å². The van der Waals surface area contributed by atoms with Crippen LogP contribution in [0.4, 0.5) is 0 Å². The number of allylic oxidation sites excluding steroid dienone is 2. The first kappa shape index (κ1) is 7.54. The fourth-order valence-corrected chi connectivity index (χ4v) is 0.600. The van der Waals surface area contributed by atoms with E-state index in [1.807, 2.05) is 0 Å². The molecule has 0 atom stereocenters. The summed E-state index contributed by atoms with van der Waals surface area (Å²) in [6.07, 6.45) is 4.17. The molecule has 0 spiro atoms. The highest BCUT2D eigenvalue weighted by Gasteiger charge is 1.85. The molecule has 0 aliphatic rings. The molecular weight excluding hydrogens is 100 g/mol. The number of hydrogen-bond donors (Lipinski definition) is 0. The summed E-state index contributed by atoms with van der Waals surface area (Å²) in [6, 6.07) is 0. The second kappa shape index (κ2) is 4.69. The molecule has 0 N–H and O–H groups in total. The molecule has 1 nitrogen and oxygen atoms in total. The van der Waals surface area contributed by atoms with Crippen molar-refractivity contribution < 1.29 is 4.74 Å². The van der Waals surface area contributed by atoms with Gasteiger partial charge in [-0.3, -0.25) is 0 Å². The molecule has 0 aromatic carbocycles. The summed E-state index contributed by atoms with van der Waals surface area (Å²) < 4.78 is 5.00. The van der Waals surface area contributed by atoms with Gasteiger partial charge in [-0.25, -0.2) is 0 Å². The minimum Gasteiger partial charge on any atom is -0.501 e. The number of rotatable bonds is 3. The molecule has 0 radical (unpaired) electrons. The smallest absolute Gasteiger partial charge is 0.0912 e. The average molecular weight is 114 g/mol. The standard InChI is InChI=1S/C7H14O/c1-4-6-7(5-2)8-3/h6H,4-5H2,1-3H3. The Morgan fingerprint density at radius 1 is 1.50 bits per heavy atom. The highest BCUT2D eigenvalue weighted by molar-refractivity contribution is 4.90. The molecule has 1 heteroatoms. The van der Waals surface area contributed by atoms with E-state index in [-0.39, 0.29) is 0 Å². The first-order chi connectivity index (χ1) is 3.85. The molecule has 0 saturated carbocycles. The van der Waals surface area contributed by atoms with Crippen molar-refractivity contribution in [1.29, 1.82) is 0 Å². The van der Waals surface area contributed by atoms with Crippen LogP contribution in [0.5, 0.6) is 0 Å². The molecule has 0 amide bonds. The number of hydrogen-bond acceptors (Lipinski definition) is 1. The maximum absolute atomic E-state index is 5.00. The van der Waals surface area contributed by atoms with Crippen LogP contribution in [-0.2, 0) is 4.74 Å². The first-order valence-corrected chi connectivity index (χ1v) is 3.08. The lowest BCUT2D eigenvalue weighted by atomic mass is 10.3. The summed E-state index contributed by atoms with van der Waals surface area (Å²) in [5.41, 5.74) is 0. The Bertz CT molecular complexity index is 68.5. The van der Waals surface area contributed by atoms with Gasteiger partial charge < -0.3 is 4.74 Å². The molecule has 8 heavy (non-hydrogen) atoms. The monoisotopic (exact) mass is 114 g/mol. The minimum absolute atomic E-state index is 1.00. The summed E-state index contributed by atoms with van der Waals surface area (Å²) in [4.78, 5) is 0. The van der Waals surface area contributed by atoms with Gasteiger partial charge in [-0.2, -0.15) is 0 Å². The van der Waals surface area contributed by atoms with Crippen LogP contribution >= 0.6 is 0 Å². The zero-order chi connectivity index (χ0) is 6.41. The Kier molecular flexibility index (Phi) is 4.42. The first-order valence-electron chi connectivity index (χ1n) is 3.08. The number of ether oxygens (including phenoxy) is 1.